The third-order valence-corrected chi connectivity index (χ3v) is 3.22. The average Bonchev–Trinajstić information content (AvgIpc) is 2.77. The van der Waals surface area contributed by atoms with Gasteiger partial charge in [0.1, 0.15) is 0 Å². The highest BCUT2D eigenvalue weighted by molar-refractivity contribution is 6.34. The van der Waals surface area contributed by atoms with Crippen LogP contribution in [0, 0.1) is 6.92 Å². The van der Waals surface area contributed by atoms with Crippen LogP contribution >= 0.6 is 23.2 Å². The van der Waals surface area contributed by atoms with E-state index in [2.05, 4.69) is 19.9 Å². The molecule has 0 aromatic carbocycles. The van der Waals surface area contributed by atoms with Crippen molar-refractivity contribution in [1.82, 2.24) is 19.9 Å². The number of halogens is 2. The molecular weight excluding hydrogens is 271 g/mol. The first-order valence-corrected chi connectivity index (χ1v) is 6.03. The van der Waals surface area contributed by atoms with Gasteiger partial charge >= 0.3 is 0 Å². The molecule has 4 nitrogen and oxygen atoms in total. The van der Waals surface area contributed by atoms with E-state index < -0.39 is 0 Å². The first kappa shape index (κ1) is 11.4. The summed E-state index contributed by atoms with van der Waals surface area (Å²) in [6.07, 6.45) is 5.22. The quantitative estimate of drug-likeness (QED) is 0.546. The number of aryl methyl sites for hydroxylation is 1. The number of pyridine rings is 1. The summed E-state index contributed by atoms with van der Waals surface area (Å²) in [7, 11) is 0. The van der Waals surface area contributed by atoms with E-state index in [9.17, 15) is 0 Å². The largest absolute Gasteiger partial charge is 0.358 e. The number of aromatic amines is 1. The molecule has 0 fully saturated rings. The molecule has 0 aliphatic heterocycles. The summed E-state index contributed by atoms with van der Waals surface area (Å²) in [4.78, 5) is 15.4. The van der Waals surface area contributed by atoms with Gasteiger partial charge in [-0.05, 0) is 30.2 Å². The van der Waals surface area contributed by atoms with Crippen molar-refractivity contribution in [3.63, 3.8) is 0 Å². The number of H-pyrrole nitrogens is 1. The number of nitrogens with zero attached hydrogens (tertiary/aromatic N) is 3. The van der Waals surface area contributed by atoms with Gasteiger partial charge in [0.2, 0.25) is 5.28 Å². The van der Waals surface area contributed by atoms with Gasteiger partial charge < -0.3 is 4.98 Å². The molecule has 0 saturated carbocycles. The van der Waals surface area contributed by atoms with Crippen molar-refractivity contribution in [2.75, 3.05) is 0 Å². The molecule has 0 aliphatic rings. The molecule has 0 unspecified atom stereocenters. The smallest absolute Gasteiger partial charge is 0.222 e. The van der Waals surface area contributed by atoms with E-state index in [-0.39, 0.29) is 5.28 Å². The fourth-order valence-electron chi connectivity index (χ4n) is 1.91. The lowest BCUT2D eigenvalue weighted by atomic mass is 10.1. The van der Waals surface area contributed by atoms with Gasteiger partial charge in [-0.1, -0.05) is 11.6 Å². The average molecular weight is 279 g/mol. The molecule has 90 valence electrons. The second-order valence-corrected chi connectivity index (χ2v) is 4.59. The Labute approximate surface area is 113 Å². The molecule has 18 heavy (non-hydrogen) atoms. The van der Waals surface area contributed by atoms with Gasteiger partial charge in [-0.3, -0.25) is 0 Å². The van der Waals surface area contributed by atoms with Gasteiger partial charge in [-0.25, -0.2) is 15.0 Å². The van der Waals surface area contributed by atoms with Crippen LogP contribution in [0.25, 0.3) is 22.2 Å². The van der Waals surface area contributed by atoms with Crippen LogP contribution in [0.5, 0.6) is 0 Å². The lowest BCUT2D eigenvalue weighted by Crippen LogP contribution is -1.90. The van der Waals surface area contributed by atoms with Crippen LogP contribution in [0.15, 0.2) is 24.7 Å². The Bertz CT molecular complexity index is 736. The van der Waals surface area contributed by atoms with E-state index in [1.807, 2.05) is 19.2 Å². The molecule has 0 spiro atoms. The highest BCUT2D eigenvalue weighted by atomic mass is 35.5. The Balaban J connectivity index is 2.32. The second kappa shape index (κ2) is 4.23. The van der Waals surface area contributed by atoms with E-state index in [1.54, 1.807) is 12.4 Å². The van der Waals surface area contributed by atoms with E-state index in [0.29, 0.717) is 5.15 Å². The van der Waals surface area contributed by atoms with E-state index in [0.717, 1.165) is 27.7 Å². The molecule has 6 heteroatoms. The molecule has 0 radical (unpaired) electrons. The zero-order valence-corrected chi connectivity index (χ0v) is 10.9. The minimum Gasteiger partial charge on any atom is -0.358 e. The maximum Gasteiger partial charge on any atom is 0.222 e. The predicted octanol–water partition coefficient (Wildman–Crippen LogP) is 3.64. The van der Waals surface area contributed by atoms with Gasteiger partial charge in [0, 0.05) is 29.5 Å². The lowest BCUT2D eigenvalue weighted by Gasteiger charge is -2.03. The molecule has 0 bridgehead atoms. The van der Waals surface area contributed by atoms with Crippen molar-refractivity contribution in [2.45, 2.75) is 6.92 Å². The molecule has 1 N–H and O–H groups in total. The predicted molar refractivity (Wildman–Crippen MR) is 71.9 cm³/mol. The van der Waals surface area contributed by atoms with Gasteiger partial charge in [0.15, 0.2) is 5.15 Å². The van der Waals surface area contributed by atoms with Crippen LogP contribution < -0.4 is 0 Å². The maximum absolute atomic E-state index is 6.03. The molecule has 3 aromatic rings. The number of hydrogen-bond acceptors (Lipinski definition) is 3. The molecular formula is C12H8Cl2N4. The number of nitrogens with one attached hydrogen (secondary N) is 1. The fourth-order valence-corrected chi connectivity index (χ4v) is 2.26. The van der Waals surface area contributed by atoms with Crippen molar-refractivity contribution < 1.29 is 0 Å². The number of fused-ring (bicyclic) bond motifs is 1. The summed E-state index contributed by atoms with van der Waals surface area (Å²) in [5, 5.41) is 1.63. The SMILES string of the molecule is Cc1cnc(Cl)nc1-c1c[nH]c2c(Cl)nccc12. The van der Waals surface area contributed by atoms with Crippen LogP contribution in [0.1, 0.15) is 5.56 Å². The normalized spacial score (nSPS) is 11.1. The van der Waals surface area contributed by atoms with Crippen LogP contribution in [-0.2, 0) is 0 Å². The van der Waals surface area contributed by atoms with E-state index in [4.69, 9.17) is 23.2 Å². The molecule has 3 rings (SSSR count). The number of aromatic nitrogens is 4. The maximum atomic E-state index is 6.03. The molecule has 0 aliphatic carbocycles. The summed E-state index contributed by atoms with van der Waals surface area (Å²) < 4.78 is 0. The Hall–Kier alpha value is -1.65. The summed E-state index contributed by atoms with van der Waals surface area (Å²) in [5.41, 5.74) is 3.48. The van der Waals surface area contributed by atoms with Gasteiger partial charge in [0.25, 0.3) is 0 Å². The highest BCUT2D eigenvalue weighted by Crippen LogP contribution is 2.31. The third-order valence-electron chi connectivity index (χ3n) is 2.75. The standard InChI is InChI=1S/C12H8Cl2N4/c1-6-4-17-12(14)18-9(6)8-5-16-10-7(8)2-3-15-11(10)13/h2-5,16H,1H3. The molecule has 0 saturated heterocycles. The third kappa shape index (κ3) is 1.74. The number of rotatable bonds is 1. The fraction of sp³-hybridized carbons (Fsp3) is 0.0833. The lowest BCUT2D eigenvalue weighted by molar-refractivity contribution is 1.14. The minimum absolute atomic E-state index is 0.227. The molecule has 0 amide bonds. The monoisotopic (exact) mass is 278 g/mol. The Morgan fingerprint density at radius 2 is 2.06 bits per heavy atom. The van der Waals surface area contributed by atoms with E-state index in [1.165, 1.54) is 0 Å². The molecule has 3 heterocycles. The topological polar surface area (TPSA) is 54.5 Å². The summed E-state index contributed by atoms with van der Waals surface area (Å²) >= 11 is 11.9. The van der Waals surface area contributed by atoms with Gasteiger partial charge in [-0.2, -0.15) is 0 Å². The van der Waals surface area contributed by atoms with Crippen molar-refractivity contribution >= 4 is 34.1 Å². The van der Waals surface area contributed by atoms with Gasteiger partial charge in [-0.15, -0.1) is 0 Å². The van der Waals surface area contributed by atoms with Crippen LogP contribution in [-0.4, -0.2) is 19.9 Å². The first-order valence-electron chi connectivity index (χ1n) is 5.28. The van der Waals surface area contributed by atoms with Crippen molar-refractivity contribution in [2.24, 2.45) is 0 Å². The Kier molecular flexibility index (Phi) is 2.69. The minimum atomic E-state index is 0.227. The van der Waals surface area contributed by atoms with E-state index >= 15 is 0 Å². The summed E-state index contributed by atoms with van der Waals surface area (Å²) in [5.74, 6) is 0. The van der Waals surface area contributed by atoms with Crippen molar-refractivity contribution in [3.8, 4) is 11.3 Å². The molecule has 0 atom stereocenters. The Morgan fingerprint density at radius 1 is 1.22 bits per heavy atom. The zero-order chi connectivity index (χ0) is 12.7. The first-order chi connectivity index (χ1) is 8.66. The van der Waals surface area contributed by atoms with Crippen LogP contribution in [0.3, 0.4) is 0 Å². The van der Waals surface area contributed by atoms with Gasteiger partial charge in [0.05, 0.1) is 11.2 Å². The van der Waals surface area contributed by atoms with Crippen molar-refractivity contribution in [3.05, 3.63) is 40.7 Å². The summed E-state index contributed by atoms with van der Waals surface area (Å²) in [6, 6.07) is 1.89. The molecule has 3 aromatic heterocycles. The number of hydrogen-bond donors (Lipinski definition) is 1. The second-order valence-electron chi connectivity index (χ2n) is 3.90. The highest BCUT2D eigenvalue weighted by Gasteiger charge is 2.12. The van der Waals surface area contributed by atoms with Crippen LogP contribution in [0.2, 0.25) is 10.4 Å². The van der Waals surface area contributed by atoms with Crippen LogP contribution in [0.4, 0.5) is 0 Å². The van der Waals surface area contributed by atoms with Crippen molar-refractivity contribution in [1.29, 1.82) is 0 Å². The Morgan fingerprint density at radius 3 is 2.89 bits per heavy atom. The zero-order valence-electron chi connectivity index (χ0n) is 9.41. The summed E-state index contributed by atoms with van der Waals surface area (Å²) in [6.45, 7) is 1.94.